The Labute approximate surface area is 138 Å². The Balaban J connectivity index is 1.24. The van der Waals surface area contributed by atoms with Crippen molar-refractivity contribution in [3.8, 4) is 0 Å². The van der Waals surface area contributed by atoms with Crippen molar-refractivity contribution in [2.75, 3.05) is 6.61 Å². The highest BCUT2D eigenvalue weighted by molar-refractivity contribution is 6.76. The molecule has 1 heterocycles. The summed E-state index contributed by atoms with van der Waals surface area (Å²) in [4.78, 5) is 0. The molecule has 3 atom stereocenters. The molecule has 0 aromatic carbocycles. The van der Waals surface area contributed by atoms with Crippen LogP contribution in [0.2, 0.25) is 25.7 Å². The van der Waals surface area contributed by atoms with E-state index >= 15 is 0 Å². The molecule has 0 N–H and O–H groups in total. The maximum absolute atomic E-state index is 6.20. The SMILES string of the molecule is C[Si](C)(C)CCC1CCC(OCCC2CCC3OC3C2)CC1. The third-order valence-corrected chi connectivity index (χ3v) is 7.88. The molecule has 22 heavy (non-hydrogen) atoms. The number of hydrogen-bond donors (Lipinski definition) is 0. The number of epoxide rings is 1. The molecule has 2 aliphatic carbocycles. The van der Waals surface area contributed by atoms with Crippen molar-refractivity contribution >= 4 is 8.07 Å². The van der Waals surface area contributed by atoms with Gasteiger partial charge in [0.2, 0.25) is 0 Å². The van der Waals surface area contributed by atoms with Crippen molar-refractivity contribution < 1.29 is 9.47 Å². The van der Waals surface area contributed by atoms with E-state index in [-0.39, 0.29) is 0 Å². The molecule has 3 unspecified atom stereocenters. The van der Waals surface area contributed by atoms with Crippen LogP contribution in [0.5, 0.6) is 0 Å². The lowest BCUT2D eigenvalue weighted by Crippen LogP contribution is -2.25. The number of ether oxygens (including phenoxy) is 2. The zero-order valence-corrected chi connectivity index (χ0v) is 16.0. The first-order chi connectivity index (χ1) is 10.5. The summed E-state index contributed by atoms with van der Waals surface area (Å²) in [7, 11) is -0.842. The average Bonchev–Trinajstić information content (AvgIpc) is 3.24. The standard InChI is InChI=1S/C19H36O2Si/c1-22(2,3)13-11-15-4-7-17(8-5-15)20-12-10-16-6-9-18-19(14-16)21-18/h15-19H,4-14H2,1-3H3. The van der Waals surface area contributed by atoms with Gasteiger partial charge < -0.3 is 9.47 Å². The van der Waals surface area contributed by atoms with Crippen LogP contribution in [0.15, 0.2) is 0 Å². The van der Waals surface area contributed by atoms with Crippen LogP contribution in [0, 0.1) is 11.8 Å². The van der Waals surface area contributed by atoms with Crippen LogP contribution in [-0.4, -0.2) is 33.0 Å². The molecule has 128 valence electrons. The van der Waals surface area contributed by atoms with Crippen LogP contribution in [0.25, 0.3) is 0 Å². The van der Waals surface area contributed by atoms with E-state index in [0.29, 0.717) is 18.3 Å². The second-order valence-electron chi connectivity index (χ2n) is 9.29. The summed E-state index contributed by atoms with van der Waals surface area (Å²) in [6.45, 7) is 8.50. The first-order valence-electron chi connectivity index (χ1n) is 9.77. The first-order valence-corrected chi connectivity index (χ1v) is 13.5. The van der Waals surface area contributed by atoms with E-state index in [9.17, 15) is 0 Å². The van der Waals surface area contributed by atoms with Gasteiger partial charge in [-0.25, -0.2) is 0 Å². The van der Waals surface area contributed by atoms with Gasteiger partial charge in [0, 0.05) is 14.7 Å². The van der Waals surface area contributed by atoms with E-state index in [1.807, 2.05) is 0 Å². The Morgan fingerprint density at radius 1 is 0.864 bits per heavy atom. The highest BCUT2D eigenvalue weighted by Crippen LogP contribution is 2.40. The Morgan fingerprint density at radius 2 is 1.59 bits per heavy atom. The minimum Gasteiger partial charge on any atom is -0.378 e. The number of rotatable bonds is 7. The van der Waals surface area contributed by atoms with E-state index in [1.165, 1.54) is 63.8 Å². The maximum Gasteiger partial charge on any atom is 0.0844 e. The quantitative estimate of drug-likeness (QED) is 0.471. The molecule has 3 heteroatoms. The van der Waals surface area contributed by atoms with E-state index in [4.69, 9.17) is 9.47 Å². The van der Waals surface area contributed by atoms with Gasteiger partial charge in [-0.3, -0.25) is 0 Å². The summed E-state index contributed by atoms with van der Waals surface area (Å²) in [5.74, 6) is 1.87. The summed E-state index contributed by atoms with van der Waals surface area (Å²) in [6.07, 6.45) is 14.0. The predicted octanol–water partition coefficient (Wildman–Crippen LogP) is 5.25. The monoisotopic (exact) mass is 324 g/mol. The molecule has 0 amide bonds. The van der Waals surface area contributed by atoms with Crippen LogP contribution in [0.1, 0.15) is 57.8 Å². The molecule has 0 radical (unpaired) electrons. The van der Waals surface area contributed by atoms with Crippen LogP contribution >= 0.6 is 0 Å². The van der Waals surface area contributed by atoms with Gasteiger partial charge in [0.15, 0.2) is 0 Å². The minimum atomic E-state index is -0.842. The van der Waals surface area contributed by atoms with E-state index in [2.05, 4.69) is 19.6 Å². The van der Waals surface area contributed by atoms with Gasteiger partial charge in [0.05, 0.1) is 18.3 Å². The molecular formula is C19H36O2Si. The van der Waals surface area contributed by atoms with Crippen molar-refractivity contribution in [3.63, 3.8) is 0 Å². The highest BCUT2D eigenvalue weighted by atomic mass is 28.3. The second-order valence-corrected chi connectivity index (χ2v) is 14.9. The normalized spacial score (nSPS) is 38.6. The molecule has 0 aromatic heterocycles. The predicted molar refractivity (Wildman–Crippen MR) is 95.1 cm³/mol. The maximum atomic E-state index is 6.20. The topological polar surface area (TPSA) is 21.8 Å². The number of fused-ring (bicyclic) bond motifs is 1. The van der Waals surface area contributed by atoms with Gasteiger partial charge in [-0.05, 0) is 63.2 Å². The summed E-state index contributed by atoms with van der Waals surface area (Å²) in [5, 5.41) is 0. The molecule has 0 aromatic rings. The van der Waals surface area contributed by atoms with Crippen LogP contribution < -0.4 is 0 Å². The van der Waals surface area contributed by atoms with Crippen LogP contribution in [0.4, 0.5) is 0 Å². The van der Waals surface area contributed by atoms with Gasteiger partial charge in [0.25, 0.3) is 0 Å². The molecule has 2 nitrogen and oxygen atoms in total. The van der Waals surface area contributed by atoms with Gasteiger partial charge in [-0.15, -0.1) is 0 Å². The Hall–Kier alpha value is 0.137. The van der Waals surface area contributed by atoms with Crippen molar-refractivity contribution in [3.05, 3.63) is 0 Å². The molecule has 3 fully saturated rings. The molecule has 0 bridgehead atoms. The second kappa shape index (κ2) is 7.35. The Bertz CT molecular complexity index is 344. The van der Waals surface area contributed by atoms with Crippen molar-refractivity contribution in [2.24, 2.45) is 11.8 Å². The Kier molecular flexibility index (Phi) is 5.68. The third kappa shape index (κ3) is 5.35. The number of hydrogen-bond acceptors (Lipinski definition) is 2. The molecule has 3 aliphatic rings. The Morgan fingerprint density at radius 3 is 2.27 bits per heavy atom. The lowest BCUT2D eigenvalue weighted by Gasteiger charge is -2.30. The zero-order valence-electron chi connectivity index (χ0n) is 15.0. The smallest absolute Gasteiger partial charge is 0.0844 e. The molecule has 1 aliphatic heterocycles. The lowest BCUT2D eigenvalue weighted by atomic mass is 9.85. The van der Waals surface area contributed by atoms with E-state index in [1.54, 1.807) is 0 Å². The summed E-state index contributed by atoms with van der Waals surface area (Å²) in [5.41, 5.74) is 0. The van der Waals surface area contributed by atoms with Gasteiger partial charge in [-0.1, -0.05) is 32.1 Å². The summed E-state index contributed by atoms with van der Waals surface area (Å²) in [6, 6.07) is 1.51. The van der Waals surface area contributed by atoms with Gasteiger partial charge in [-0.2, -0.15) is 0 Å². The van der Waals surface area contributed by atoms with Crippen LogP contribution in [0.3, 0.4) is 0 Å². The van der Waals surface area contributed by atoms with Gasteiger partial charge >= 0.3 is 0 Å². The van der Waals surface area contributed by atoms with E-state index in [0.717, 1.165) is 18.4 Å². The fraction of sp³-hybridized carbons (Fsp3) is 1.00. The van der Waals surface area contributed by atoms with Crippen LogP contribution in [-0.2, 0) is 9.47 Å². The van der Waals surface area contributed by atoms with Gasteiger partial charge in [0.1, 0.15) is 0 Å². The molecule has 1 saturated heterocycles. The molecule has 3 rings (SSSR count). The zero-order chi connectivity index (χ0) is 15.6. The third-order valence-electron chi connectivity index (χ3n) is 6.09. The molecular weight excluding hydrogens is 288 g/mol. The fourth-order valence-electron chi connectivity index (χ4n) is 4.37. The molecule has 0 spiro atoms. The van der Waals surface area contributed by atoms with Crippen molar-refractivity contribution in [2.45, 2.75) is 102 Å². The summed E-state index contributed by atoms with van der Waals surface area (Å²) >= 11 is 0. The molecule has 2 saturated carbocycles. The fourth-order valence-corrected chi connectivity index (χ4v) is 5.65. The lowest BCUT2D eigenvalue weighted by molar-refractivity contribution is 0.00982. The first kappa shape index (κ1) is 17.0. The van der Waals surface area contributed by atoms with Crippen molar-refractivity contribution in [1.29, 1.82) is 0 Å². The minimum absolute atomic E-state index is 0.566. The van der Waals surface area contributed by atoms with E-state index < -0.39 is 8.07 Å². The largest absolute Gasteiger partial charge is 0.378 e. The van der Waals surface area contributed by atoms with Crippen molar-refractivity contribution in [1.82, 2.24) is 0 Å². The summed E-state index contributed by atoms with van der Waals surface area (Å²) < 4.78 is 11.8. The highest BCUT2D eigenvalue weighted by Gasteiger charge is 2.43. The average molecular weight is 325 g/mol.